The molecule has 0 fully saturated rings. The van der Waals surface area contributed by atoms with Crippen molar-refractivity contribution in [3.05, 3.63) is 0 Å². The van der Waals surface area contributed by atoms with Crippen LogP contribution in [0.3, 0.4) is 0 Å². The Morgan fingerprint density at radius 3 is 2.33 bits per heavy atom. The van der Waals surface area contributed by atoms with Crippen LogP contribution >= 0.6 is 0 Å². The highest BCUT2D eigenvalue weighted by Crippen LogP contribution is 2.00. The molecule has 0 rings (SSSR count). The fraction of sp³-hybridized carbons (Fsp3) is 0.833. The van der Waals surface area contributed by atoms with E-state index >= 15 is 0 Å². The summed E-state index contributed by atoms with van der Waals surface area (Å²) in [6, 6.07) is -0.424. The number of hydrogen-bond donors (Lipinski definition) is 2. The highest BCUT2D eigenvalue weighted by molar-refractivity contribution is 5.82. The van der Waals surface area contributed by atoms with E-state index in [4.69, 9.17) is 5.11 Å². The van der Waals surface area contributed by atoms with Crippen LogP contribution < -0.4 is 5.32 Å². The van der Waals surface area contributed by atoms with E-state index in [0.717, 1.165) is 13.0 Å². The molecule has 0 aliphatic rings. The predicted molar refractivity (Wildman–Crippen MR) is 70.5 cm³/mol. The number of aliphatic carboxylic acids is 1. The highest BCUT2D eigenvalue weighted by atomic mass is 16.4. The summed E-state index contributed by atoms with van der Waals surface area (Å²) in [7, 11) is 3.83. The second-order valence-corrected chi connectivity index (χ2v) is 4.63. The van der Waals surface area contributed by atoms with Crippen LogP contribution in [0.2, 0.25) is 0 Å². The fourth-order valence-electron chi connectivity index (χ4n) is 1.47. The third-order valence-electron chi connectivity index (χ3n) is 2.65. The SMILES string of the molecule is CCCNC(=O)C(C)N(CCN(C)C)CC(=O)O. The summed E-state index contributed by atoms with van der Waals surface area (Å²) in [5, 5.41) is 11.7. The molecule has 1 atom stereocenters. The molecule has 6 nitrogen and oxygen atoms in total. The van der Waals surface area contributed by atoms with Crippen molar-refractivity contribution in [3.8, 4) is 0 Å². The van der Waals surface area contributed by atoms with Crippen LogP contribution in [-0.4, -0.2) is 73.1 Å². The Hall–Kier alpha value is -1.14. The van der Waals surface area contributed by atoms with Gasteiger partial charge in [0.2, 0.25) is 5.91 Å². The summed E-state index contributed by atoms with van der Waals surface area (Å²) >= 11 is 0. The Kier molecular flexibility index (Phi) is 8.32. The van der Waals surface area contributed by atoms with Gasteiger partial charge in [-0.15, -0.1) is 0 Å². The van der Waals surface area contributed by atoms with Crippen LogP contribution in [0.4, 0.5) is 0 Å². The van der Waals surface area contributed by atoms with Crippen LogP contribution in [-0.2, 0) is 9.59 Å². The number of carbonyl (C=O) groups excluding carboxylic acids is 1. The lowest BCUT2D eigenvalue weighted by atomic mass is 10.2. The molecule has 18 heavy (non-hydrogen) atoms. The van der Waals surface area contributed by atoms with E-state index in [1.165, 1.54) is 0 Å². The second kappa shape index (κ2) is 8.88. The second-order valence-electron chi connectivity index (χ2n) is 4.63. The Labute approximate surface area is 109 Å². The van der Waals surface area contributed by atoms with E-state index in [-0.39, 0.29) is 12.5 Å². The lowest BCUT2D eigenvalue weighted by Crippen LogP contribution is -2.49. The smallest absolute Gasteiger partial charge is 0.317 e. The van der Waals surface area contributed by atoms with E-state index in [1.807, 2.05) is 25.9 Å². The number of carbonyl (C=O) groups is 2. The van der Waals surface area contributed by atoms with Gasteiger partial charge in [0.1, 0.15) is 0 Å². The minimum Gasteiger partial charge on any atom is -0.480 e. The number of hydrogen-bond acceptors (Lipinski definition) is 4. The van der Waals surface area contributed by atoms with Gasteiger partial charge in [0.15, 0.2) is 0 Å². The Morgan fingerprint density at radius 1 is 1.28 bits per heavy atom. The van der Waals surface area contributed by atoms with Crippen LogP contribution in [0.5, 0.6) is 0 Å². The van der Waals surface area contributed by atoms with Crippen LogP contribution in [0, 0.1) is 0 Å². The van der Waals surface area contributed by atoms with E-state index in [0.29, 0.717) is 13.1 Å². The molecule has 0 saturated carbocycles. The van der Waals surface area contributed by atoms with Crippen molar-refractivity contribution < 1.29 is 14.7 Å². The maximum absolute atomic E-state index is 11.8. The zero-order chi connectivity index (χ0) is 14.1. The van der Waals surface area contributed by atoms with Crippen LogP contribution in [0.1, 0.15) is 20.3 Å². The zero-order valence-corrected chi connectivity index (χ0v) is 11.8. The van der Waals surface area contributed by atoms with E-state index in [1.54, 1.807) is 11.8 Å². The molecule has 1 amide bonds. The zero-order valence-electron chi connectivity index (χ0n) is 11.8. The Bertz CT molecular complexity index is 269. The van der Waals surface area contributed by atoms with Crippen molar-refractivity contribution in [2.75, 3.05) is 40.3 Å². The lowest BCUT2D eigenvalue weighted by molar-refractivity contribution is -0.139. The first-order chi connectivity index (χ1) is 8.38. The summed E-state index contributed by atoms with van der Waals surface area (Å²) in [6.07, 6.45) is 0.870. The monoisotopic (exact) mass is 259 g/mol. The normalized spacial score (nSPS) is 12.8. The minimum absolute atomic E-state index is 0.114. The number of carboxylic acid groups (broad SMARTS) is 1. The van der Waals surface area contributed by atoms with Crippen LogP contribution in [0.25, 0.3) is 0 Å². The van der Waals surface area contributed by atoms with Crippen molar-refractivity contribution in [2.45, 2.75) is 26.3 Å². The molecule has 0 aliphatic heterocycles. The number of amides is 1. The molecule has 0 aromatic heterocycles. The average molecular weight is 259 g/mol. The molecule has 0 saturated heterocycles. The summed E-state index contributed by atoms with van der Waals surface area (Å²) in [5.74, 6) is -1.03. The predicted octanol–water partition coefficient (Wildman–Crippen LogP) is -0.151. The molecule has 0 spiro atoms. The standard InChI is InChI=1S/C12H25N3O3/c1-5-6-13-12(18)10(2)15(9-11(16)17)8-7-14(3)4/h10H,5-9H2,1-4H3,(H,13,18)(H,16,17). The summed E-state index contributed by atoms with van der Waals surface area (Å²) < 4.78 is 0. The molecular formula is C12H25N3O3. The van der Waals surface area contributed by atoms with Crippen molar-refractivity contribution in [2.24, 2.45) is 0 Å². The fourth-order valence-corrected chi connectivity index (χ4v) is 1.47. The van der Waals surface area contributed by atoms with Gasteiger partial charge in [-0.2, -0.15) is 0 Å². The molecule has 1 unspecified atom stereocenters. The topological polar surface area (TPSA) is 72.9 Å². The Balaban J connectivity index is 4.42. The van der Waals surface area contributed by atoms with Gasteiger partial charge in [0.25, 0.3) is 0 Å². The molecule has 0 aromatic carbocycles. The number of likely N-dealkylation sites (N-methyl/N-ethyl adjacent to an activating group) is 1. The van der Waals surface area contributed by atoms with Gasteiger partial charge in [0.05, 0.1) is 12.6 Å². The van der Waals surface area contributed by atoms with E-state index in [9.17, 15) is 9.59 Å². The maximum Gasteiger partial charge on any atom is 0.317 e. The number of carboxylic acids is 1. The number of nitrogens with one attached hydrogen (secondary N) is 1. The molecule has 0 heterocycles. The summed E-state index contributed by atoms with van der Waals surface area (Å²) in [5.41, 5.74) is 0. The largest absolute Gasteiger partial charge is 0.480 e. The average Bonchev–Trinajstić information content (AvgIpc) is 2.29. The molecule has 0 bridgehead atoms. The summed E-state index contributed by atoms with van der Waals surface area (Å²) in [6.45, 7) is 5.50. The van der Waals surface area contributed by atoms with E-state index in [2.05, 4.69) is 5.32 Å². The maximum atomic E-state index is 11.8. The molecule has 2 N–H and O–H groups in total. The van der Waals surface area contributed by atoms with Gasteiger partial charge in [-0.25, -0.2) is 0 Å². The first-order valence-electron chi connectivity index (χ1n) is 6.26. The molecule has 0 radical (unpaired) electrons. The Morgan fingerprint density at radius 2 is 1.89 bits per heavy atom. The molecule has 6 heteroatoms. The van der Waals surface area contributed by atoms with Crippen molar-refractivity contribution in [1.82, 2.24) is 15.1 Å². The van der Waals surface area contributed by atoms with Gasteiger partial charge < -0.3 is 15.3 Å². The third-order valence-corrected chi connectivity index (χ3v) is 2.65. The van der Waals surface area contributed by atoms with Crippen molar-refractivity contribution in [1.29, 1.82) is 0 Å². The minimum atomic E-state index is -0.913. The van der Waals surface area contributed by atoms with Crippen LogP contribution in [0.15, 0.2) is 0 Å². The van der Waals surface area contributed by atoms with E-state index < -0.39 is 12.0 Å². The number of nitrogens with zero attached hydrogens (tertiary/aromatic N) is 2. The van der Waals surface area contributed by atoms with Gasteiger partial charge in [-0.05, 0) is 27.4 Å². The van der Waals surface area contributed by atoms with Crippen molar-refractivity contribution >= 4 is 11.9 Å². The molecular weight excluding hydrogens is 234 g/mol. The lowest BCUT2D eigenvalue weighted by Gasteiger charge is -2.27. The molecule has 0 aliphatic carbocycles. The van der Waals surface area contributed by atoms with Gasteiger partial charge >= 0.3 is 5.97 Å². The first kappa shape index (κ1) is 16.9. The van der Waals surface area contributed by atoms with Gasteiger partial charge in [-0.3, -0.25) is 14.5 Å². The third kappa shape index (κ3) is 7.24. The quantitative estimate of drug-likeness (QED) is 0.602. The summed E-state index contributed by atoms with van der Waals surface area (Å²) in [4.78, 5) is 26.3. The van der Waals surface area contributed by atoms with Crippen molar-refractivity contribution in [3.63, 3.8) is 0 Å². The molecule has 0 aromatic rings. The van der Waals surface area contributed by atoms with Gasteiger partial charge in [-0.1, -0.05) is 6.92 Å². The highest BCUT2D eigenvalue weighted by Gasteiger charge is 2.22. The molecule has 106 valence electrons. The van der Waals surface area contributed by atoms with Gasteiger partial charge in [0, 0.05) is 19.6 Å². The first-order valence-corrected chi connectivity index (χ1v) is 6.26. The number of rotatable bonds is 9.